The molecule has 1 saturated carbocycles. The normalized spacial score (nSPS) is 21.7. The summed E-state index contributed by atoms with van der Waals surface area (Å²) in [6.45, 7) is 0. The molecule has 1 aromatic carbocycles. The Morgan fingerprint density at radius 2 is 1.83 bits per heavy atom. The van der Waals surface area contributed by atoms with E-state index in [9.17, 15) is 9.59 Å². The van der Waals surface area contributed by atoms with Crippen molar-refractivity contribution in [3.05, 3.63) is 51.8 Å². The van der Waals surface area contributed by atoms with Crippen molar-refractivity contribution >= 4 is 23.5 Å². The van der Waals surface area contributed by atoms with Gasteiger partial charge < -0.3 is 5.32 Å². The standard InChI is InChI=1S/C17H19N3O2S/c21-13-10-23-15(11-6-2-1-3-7-11)14-16(18-13)20(19-17(14)22)12-8-4-5-9-12/h1-3,6-7,12,15H,4-5,8-10H2,(H,18,21)(H,19,22). The molecule has 2 N–H and O–H groups in total. The second-order valence-electron chi connectivity index (χ2n) is 6.16. The number of carbonyl (C=O) groups excluding carboxylic acids is 1. The molecule has 1 atom stereocenters. The number of hydrogen-bond acceptors (Lipinski definition) is 3. The molecule has 1 fully saturated rings. The van der Waals surface area contributed by atoms with Crippen LogP contribution in [0.2, 0.25) is 0 Å². The number of rotatable bonds is 2. The van der Waals surface area contributed by atoms with Crippen LogP contribution in [0.15, 0.2) is 35.1 Å². The van der Waals surface area contributed by atoms with Gasteiger partial charge in [0.2, 0.25) is 5.91 Å². The number of benzene rings is 1. The molecule has 0 bridgehead atoms. The van der Waals surface area contributed by atoms with Crippen LogP contribution in [0.3, 0.4) is 0 Å². The number of amides is 1. The predicted molar refractivity (Wildman–Crippen MR) is 91.9 cm³/mol. The SMILES string of the molecule is O=C1CSC(c2ccccc2)c2c(n(C3CCCC3)[nH]c2=O)N1. The van der Waals surface area contributed by atoms with Gasteiger partial charge in [-0.2, -0.15) is 0 Å². The van der Waals surface area contributed by atoms with Crippen molar-refractivity contribution in [2.45, 2.75) is 37.0 Å². The highest BCUT2D eigenvalue weighted by Gasteiger charge is 2.32. The van der Waals surface area contributed by atoms with Gasteiger partial charge in [0.1, 0.15) is 5.82 Å². The van der Waals surface area contributed by atoms with E-state index in [2.05, 4.69) is 10.4 Å². The van der Waals surface area contributed by atoms with E-state index in [1.54, 1.807) is 0 Å². The molecule has 1 unspecified atom stereocenters. The highest BCUT2D eigenvalue weighted by atomic mass is 32.2. The summed E-state index contributed by atoms with van der Waals surface area (Å²) in [7, 11) is 0. The Labute approximate surface area is 138 Å². The van der Waals surface area contributed by atoms with Crippen LogP contribution < -0.4 is 10.9 Å². The molecule has 1 amide bonds. The number of anilines is 1. The second-order valence-corrected chi connectivity index (χ2v) is 7.25. The zero-order valence-electron chi connectivity index (χ0n) is 12.7. The molecular weight excluding hydrogens is 310 g/mol. The molecule has 2 heterocycles. The Bertz CT molecular complexity index is 775. The van der Waals surface area contributed by atoms with Gasteiger partial charge in [0, 0.05) is 0 Å². The number of aromatic amines is 1. The molecule has 1 aliphatic heterocycles. The van der Waals surface area contributed by atoms with Crippen LogP contribution in [0, 0.1) is 0 Å². The number of hydrogen-bond donors (Lipinski definition) is 2. The van der Waals surface area contributed by atoms with E-state index in [1.165, 1.54) is 24.6 Å². The lowest BCUT2D eigenvalue weighted by Crippen LogP contribution is -2.18. The van der Waals surface area contributed by atoms with Crippen LogP contribution in [0.1, 0.15) is 48.1 Å². The molecule has 23 heavy (non-hydrogen) atoms. The highest BCUT2D eigenvalue weighted by Crippen LogP contribution is 2.41. The summed E-state index contributed by atoms with van der Waals surface area (Å²) in [4.78, 5) is 24.8. The molecule has 1 aromatic heterocycles. The first-order chi connectivity index (χ1) is 11.2. The summed E-state index contributed by atoms with van der Waals surface area (Å²) < 4.78 is 1.91. The highest BCUT2D eigenvalue weighted by molar-refractivity contribution is 8.00. The molecule has 2 aromatic rings. The monoisotopic (exact) mass is 329 g/mol. The van der Waals surface area contributed by atoms with Crippen molar-refractivity contribution in [2.75, 3.05) is 11.1 Å². The maximum absolute atomic E-state index is 12.6. The summed E-state index contributed by atoms with van der Waals surface area (Å²) in [5.74, 6) is 0.990. The quantitative estimate of drug-likeness (QED) is 0.890. The molecule has 0 spiro atoms. The molecular formula is C17H19N3O2S. The van der Waals surface area contributed by atoms with Gasteiger partial charge in [-0.25, -0.2) is 0 Å². The first-order valence-corrected chi connectivity index (χ1v) is 9.09. The maximum Gasteiger partial charge on any atom is 0.270 e. The third-order valence-electron chi connectivity index (χ3n) is 4.66. The zero-order valence-corrected chi connectivity index (χ0v) is 13.6. The largest absolute Gasteiger partial charge is 0.310 e. The Kier molecular flexibility index (Phi) is 3.77. The van der Waals surface area contributed by atoms with Crippen LogP contribution in [0.4, 0.5) is 5.82 Å². The third-order valence-corrected chi connectivity index (χ3v) is 5.93. The molecule has 2 aliphatic rings. The molecule has 4 rings (SSSR count). The lowest BCUT2D eigenvalue weighted by atomic mass is 10.1. The van der Waals surface area contributed by atoms with E-state index < -0.39 is 0 Å². The van der Waals surface area contributed by atoms with Crippen molar-refractivity contribution < 1.29 is 4.79 Å². The van der Waals surface area contributed by atoms with Crippen LogP contribution in [0.25, 0.3) is 0 Å². The van der Waals surface area contributed by atoms with Crippen LogP contribution in [-0.4, -0.2) is 21.4 Å². The van der Waals surface area contributed by atoms with Gasteiger partial charge in [-0.3, -0.25) is 19.4 Å². The fraction of sp³-hybridized carbons (Fsp3) is 0.412. The number of thioether (sulfide) groups is 1. The molecule has 0 radical (unpaired) electrons. The van der Waals surface area contributed by atoms with E-state index in [0.717, 1.165) is 18.4 Å². The van der Waals surface area contributed by atoms with Crippen molar-refractivity contribution in [3.8, 4) is 0 Å². The maximum atomic E-state index is 12.6. The minimum atomic E-state index is -0.114. The molecule has 6 heteroatoms. The van der Waals surface area contributed by atoms with Gasteiger partial charge >= 0.3 is 0 Å². The molecule has 120 valence electrons. The van der Waals surface area contributed by atoms with Crippen molar-refractivity contribution in [3.63, 3.8) is 0 Å². The molecule has 5 nitrogen and oxygen atoms in total. The van der Waals surface area contributed by atoms with Gasteiger partial charge in [0.15, 0.2) is 0 Å². The van der Waals surface area contributed by atoms with Gasteiger partial charge in [0.25, 0.3) is 5.56 Å². The zero-order chi connectivity index (χ0) is 15.8. The topological polar surface area (TPSA) is 66.9 Å². The average molecular weight is 329 g/mol. The Hall–Kier alpha value is -1.95. The van der Waals surface area contributed by atoms with Gasteiger partial charge in [0.05, 0.1) is 22.6 Å². The third kappa shape index (κ3) is 2.61. The Balaban J connectivity index is 1.85. The fourth-order valence-electron chi connectivity index (χ4n) is 3.57. The van der Waals surface area contributed by atoms with Crippen molar-refractivity contribution in [1.82, 2.24) is 9.78 Å². The van der Waals surface area contributed by atoms with E-state index in [4.69, 9.17) is 0 Å². The number of fused-ring (bicyclic) bond motifs is 1. The number of aromatic nitrogens is 2. The Morgan fingerprint density at radius 1 is 1.09 bits per heavy atom. The minimum Gasteiger partial charge on any atom is -0.310 e. The lowest BCUT2D eigenvalue weighted by molar-refractivity contribution is -0.113. The van der Waals surface area contributed by atoms with Crippen LogP contribution in [0.5, 0.6) is 0 Å². The summed E-state index contributed by atoms with van der Waals surface area (Å²) in [6, 6.07) is 10.2. The lowest BCUT2D eigenvalue weighted by Gasteiger charge is -2.16. The number of nitrogens with zero attached hydrogens (tertiary/aromatic N) is 1. The number of H-pyrrole nitrogens is 1. The number of carbonyl (C=O) groups is 1. The van der Waals surface area contributed by atoms with Gasteiger partial charge in [-0.05, 0) is 18.4 Å². The summed E-state index contributed by atoms with van der Waals surface area (Å²) >= 11 is 1.51. The number of nitrogens with one attached hydrogen (secondary N) is 2. The van der Waals surface area contributed by atoms with E-state index in [1.807, 2.05) is 35.0 Å². The minimum absolute atomic E-state index is 0.0413. The van der Waals surface area contributed by atoms with E-state index >= 15 is 0 Å². The van der Waals surface area contributed by atoms with Crippen LogP contribution in [-0.2, 0) is 4.79 Å². The summed E-state index contributed by atoms with van der Waals surface area (Å²) in [5.41, 5.74) is 1.65. The van der Waals surface area contributed by atoms with Crippen molar-refractivity contribution in [1.29, 1.82) is 0 Å². The molecule has 0 saturated heterocycles. The predicted octanol–water partition coefficient (Wildman–Crippen LogP) is 3.07. The van der Waals surface area contributed by atoms with Crippen molar-refractivity contribution in [2.24, 2.45) is 0 Å². The molecule has 1 aliphatic carbocycles. The van der Waals surface area contributed by atoms with Gasteiger partial charge in [-0.1, -0.05) is 43.2 Å². The Morgan fingerprint density at radius 3 is 2.57 bits per heavy atom. The van der Waals surface area contributed by atoms with Gasteiger partial charge in [-0.15, -0.1) is 11.8 Å². The fourth-order valence-corrected chi connectivity index (χ4v) is 4.70. The summed E-state index contributed by atoms with van der Waals surface area (Å²) in [5, 5.41) is 5.82. The van der Waals surface area contributed by atoms with E-state index in [-0.39, 0.29) is 22.8 Å². The first-order valence-electron chi connectivity index (χ1n) is 8.05. The second kappa shape index (κ2) is 5.92. The van der Waals surface area contributed by atoms with E-state index in [0.29, 0.717) is 17.1 Å². The average Bonchev–Trinajstić information content (AvgIpc) is 3.14. The summed E-state index contributed by atoms with van der Waals surface area (Å²) in [6.07, 6.45) is 4.45. The van der Waals surface area contributed by atoms with Crippen LogP contribution >= 0.6 is 11.8 Å². The smallest absolute Gasteiger partial charge is 0.270 e. The first kappa shape index (κ1) is 14.6.